The summed E-state index contributed by atoms with van der Waals surface area (Å²) in [5.41, 5.74) is 7.98. The Balaban J connectivity index is 1.68. The smallest absolute Gasteiger partial charge is 0.240 e. The lowest BCUT2D eigenvalue weighted by molar-refractivity contribution is -0.119. The molecule has 1 atom stereocenters. The summed E-state index contributed by atoms with van der Waals surface area (Å²) in [5, 5.41) is 2.75. The van der Waals surface area contributed by atoms with E-state index in [1.165, 1.54) is 17.7 Å². The second kappa shape index (κ2) is 8.62. The lowest BCUT2D eigenvalue weighted by Gasteiger charge is -2.25. The number of rotatable bonds is 7. The Hall–Kier alpha value is -2.26. The number of benzene rings is 2. The third-order valence-corrected chi connectivity index (χ3v) is 5.79. The minimum absolute atomic E-state index is 0.0769. The van der Waals surface area contributed by atoms with Gasteiger partial charge in [0.05, 0.1) is 24.0 Å². The van der Waals surface area contributed by atoms with Crippen molar-refractivity contribution in [1.82, 2.24) is 4.72 Å². The fraction of sp³-hybridized carbons (Fsp3) is 0.316. The minimum atomic E-state index is -3.65. The Morgan fingerprint density at radius 3 is 2.81 bits per heavy atom. The number of carbonyl (C=O) groups excluding carboxylic acids is 1. The molecule has 7 nitrogen and oxygen atoms in total. The molecule has 0 fully saturated rings. The van der Waals surface area contributed by atoms with Crippen molar-refractivity contribution in [3.8, 4) is 0 Å². The van der Waals surface area contributed by atoms with Gasteiger partial charge in [-0.05, 0) is 35.7 Å². The van der Waals surface area contributed by atoms with E-state index in [0.29, 0.717) is 12.3 Å². The zero-order valence-electron chi connectivity index (χ0n) is 14.9. The number of sulfonamides is 1. The number of ether oxygens (including phenoxy) is 1. The van der Waals surface area contributed by atoms with Crippen molar-refractivity contribution in [2.45, 2.75) is 23.8 Å². The highest BCUT2D eigenvalue weighted by molar-refractivity contribution is 7.89. The first kappa shape index (κ1) is 19.5. The van der Waals surface area contributed by atoms with Crippen LogP contribution in [0.4, 0.5) is 5.69 Å². The minimum Gasteiger partial charge on any atom is -0.373 e. The van der Waals surface area contributed by atoms with E-state index < -0.39 is 10.0 Å². The molecule has 2 aromatic carbocycles. The van der Waals surface area contributed by atoms with Crippen LogP contribution in [0.25, 0.3) is 0 Å². The number of amides is 1. The second-order valence-electron chi connectivity index (χ2n) is 6.27. The van der Waals surface area contributed by atoms with Crippen molar-refractivity contribution in [3.05, 3.63) is 59.7 Å². The van der Waals surface area contributed by atoms with E-state index in [1.807, 2.05) is 24.3 Å². The van der Waals surface area contributed by atoms with Crippen LogP contribution in [-0.4, -0.2) is 34.0 Å². The Morgan fingerprint density at radius 1 is 1.19 bits per heavy atom. The fourth-order valence-electron chi connectivity index (χ4n) is 3.04. The maximum absolute atomic E-state index is 12.5. The van der Waals surface area contributed by atoms with Crippen molar-refractivity contribution in [2.24, 2.45) is 5.73 Å². The first-order valence-electron chi connectivity index (χ1n) is 8.78. The SMILES string of the molecule is NCCNS(=O)(=O)c1cccc(NC(=O)CC2OCCc3ccccc32)c1. The van der Waals surface area contributed by atoms with Crippen molar-refractivity contribution in [2.75, 3.05) is 25.0 Å². The highest BCUT2D eigenvalue weighted by Gasteiger charge is 2.23. The lowest BCUT2D eigenvalue weighted by atomic mass is 9.95. The maximum atomic E-state index is 12.5. The van der Waals surface area contributed by atoms with E-state index in [4.69, 9.17) is 10.5 Å². The van der Waals surface area contributed by atoms with Gasteiger partial charge in [-0.25, -0.2) is 13.1 Å². The molecule has 27 heavy (non-hydrogen) atoms. The Labute approximate surface area is 159 Å². The van der Waals surface area contributed by atoms with Crippen molar-refractivity contribution in [1.29, 1.82) is 0 Å². The number of fused-ring (bicyclic) bond motifs is 1. The Kier molecular flexibility index (Phi) is 6.22. The average Bonchev–Trinajstić information content (AvgIpc) is 2.67. The van der Waals surface area contributed by atoms with Gasteiger partial charge in [0.2, 0.25) is 15.9 Å². The molecule has 4 N–H and O–H groups in total. The van der Waals surface area contributed by atoms with Gasteiger partial charge in [0.25, 0.3) is 0 Å². The summed E-state index contributed by atoms with van der Waals surface area (Å²) in [4.78, 5) is 12.5. The molecule has 1 aliphatic heterocycles. The third kappa shape index (κ3) is 4.92. The van der Waals surface area contributed by atoms with Crippen LogP contribution in [0.5, 0.6) is 0 Å². The molecule has 1 aliphatic rings. The Bertz CT molecular complexity index is 915. The number of hydrogen-bond donors (Lipinski definition) is 3. The predicted molar refractivity (Wildman–Crippen MR) is 103 cm³/mol. The molecule has 1 amide bonds. The van der Waals surface area contributed by atoms with Gasteiger partial charge in [0.1, 0.15) is 0 Å². The molecule has 0 bridgehead atoms. The zero-order chi connectivity index (χ0) is 19.3. The standard InChI is InChI=1S/C19H23N3O4S/c20-9-10-21-27(24,25)16-6-3-5-15(12-16)22-19(23)13-18-17-7-2-1-4-14(17)8-11-26-18/h1-7,12,18,21H,8-11,13,20H2,(H,22,23). The number of hydrogen-bond acceptors (Lipinski definition) is 5. The van der Waals surface area contributed by atoms with Gasteiger partial charge in [-0.3, -0.25) is 4.79 Å². The van der Waals surface area contributed by atoms with Gasteiger partial charge >= 0.3 is 0 Å². The van der Waals surface area contributed by atoms with Crippen LogP contribution in [0.1, 0.15) is 23.7 Å². The van der Waals surface area contributed by atoms with Crippen molar-refractivity contribution >= 4 is 21.6 Å². The predicted octanol–water partition coefficient (Wildman–Crippen LogP) is 1.57. The van der Waals surface area contributed by atoms with Gasteiger partial charge in [0.15, 0.2) is 0 Å². The topological polar surface area (TPSA) is 111 Å². The summed E-state index contributed by atoms with van der Waals surface area (Å²) >= 11 is 0. The van der Waals surface area contributed by atoms with Crippen molar-refractivity contribution < 1.29 is 17.9 Å². The van der Waals surface area contributed by atoms with Crippen LogP contribution >= 0.6 is 0 Å². The van der Waals surface area contributed by atoms with Crippen molar-refractivity contribution in [3.63, 3.8) is 0 Å². The highest BCUT2D eigenvalue weighted by atomic mass is 32.2. The van der Waals surface area contributed by atoms with E-state index >= 15 is 0 Å². The molecule has 1 heterocycles. The summed E-state index contributed by atoms with van der Waals surface area (Å²) in [6.07, 6.45) is 0.705. The molecule has 0 saturated carbocycles. The van der Waals surface area contributed by atoms with Crippen LogP contribution in [0, 0.1) is 0 Å². The molecule has 0 radical (unpaired) electrons. The highest BCUT2D eigenvalue weighted by Crippen LogP contribution is 2.29. The van der Waals surface area contributed by atoms with Gasteiger partial charge in [0, 0.05) is 18.8 Å². The normalized spacial score (nSPS) is 16.6. The summed E-state index contributed by atoms with van der Waals surface area (Å²) in [6.45, 7) is 0.936. The number of nitrogens with one attached hydrogen (secondary N) is 2. The number of carbonyl (C=O) groups is 1. The van der Waals surface area contributed by atoms with Crippen LogP contribution < -0.4 is 15.8 Å². The van der Waals surface area contributed by atoms with Gasteiger partial charge in [-0.1, -0.05) is 30.3 Å². The van der Waals surface area contributed by atoms with E-state index in [0.717, 1.165) is 12.0 Å². The molecule has 0 aliphatic carbocycles. The Morgan fingerprint density at radius 2 is 2.00 bits per heavy atom. The second-order valence-corrected chi connectivity index (χ2v) is 8.04. The van der Waals surface area contributed by atoms with Crippen LogP contribution in [0.3, 0.4) is 0 Å². The summed E-state index contributed by atoms with van der Waals surface area (Å²) in [5.74, 6) is -0.235. The van der Waals surface area contributed by atoms with E-state index in [9.17, 15) is 13.2 Å². The zero-order valence-corrected chi connectivity index (χ0v) is 15.7. The molecule has 1 unspecified atom stereocenters. The number of nitrogens with two attached hydrogens (primary N) is 1. The first-order chi connectivity index (χ1) is 13.0. The monoisotopic (exact) mass is 389 g/mol. The molecule has 2 aromatic rings. The molecule has 144 valence electrons. The third-order valence-electron chi connectivity index (χ3n) is 4.33. The largest absolute Gasteiger partial charge is 0.373 e. The average molecular weight is 389 g/mol. The lowest BCUT2D eigenvalue weighted by Crippen LogP contribution is -2.29. The molecular weight excluding hydrogens is 366 g/mol. The van der Waals surface area contributed by atoms with Gasteiger partial charge < -0.3 is 15.8 Å². The van der Waals surface area contributed by atoms with E-state index in [-0.39, 0.29) is 36.4 Å². The quantitative estimate of drug-likeness (QED) is 0.666. The first-order valence-corrected chi connectivity index (χ1v) is 10.3. The summed E-state index contributed by atoms with van der Waals surface area (Å²) < 4.78 is 32.5. The van der Waals surface area contributed by atoms with Crippen LogP contribution in [-0.2, 0) is 26.0 Å². The van der Waals surface area contributed by atoms with Gasteiger partial charge in [-0.2, -0.15) is 0 Å². The van der Waals surface area contributed by atoms with Crippen LogP contribution in [0.2, 0.25) is 0 Å². The molecule has 0 saturated heterocycles. The molecular formula is C19H23N3O4S. The van der Waals surface area contributed by atoms with E-state index in [1.54, 1.807) is 12.1 Å². The summed E-state index contributed by atoms with van der Waals surface area (Å²) in [6, 6.07) is 14.1. The molecule has 0 spiro atoms. The fourth-order valence-corrected chi connectivity index (χ4v) is 4.14. The molecule has 0 aromatic heterocycles. The number of anilines is 1. The molecule has 3 rings (SSSR count). The summed E-state index contributed by atoms with van der Waals surface area (Å²) in [7, 11) is -3.65. The molecule has 8 heteroatoms. The maximum Gasteiger partial charge on any atom is 0.240 e. The van der Waals surface area contributed by atoms with E-state index in [2.05, 4.69) is 10.0 Å². The van der Waals surface area contributed by atoms with Crippen LogP contribution in [0.15, 0.2) is 53.4 Å². The van der Waals surface area contributed by atoms with Gasteiger partial charge in [-0.15, -0.1) is 0 Å².